The molecule has 0 bridgehead atoms. The molecule has 10 heteroatoms. The molecule has 1 saturated heterocycles. The van der Waals surface area contributed by atoms with E-state index in [4.69, 9.17) is 14.2 Å². The summed E-state index contributed by atoms with van der Waals surface area (Å²) in [5, 5.41) is 4.66. The molecule has 1 aliphatic rings. The lowest BCUT2D eigenvalue weighted by atomic mass is 10.1. The predicted molar refractivity (Wildman–Crippen MR) is 107 cm³/mol. The summed E-state index contributed by atoms with van der Waals surface area (Å²) in [4.78, 5) is 49.6. The zero-order valence-electron chi connectivity index (χ0n) is 17.5. The minimum atomic E-state index is -0.748. The van der Waals surface area contributed by atoms with Gasteiger partial charge in [-0.15, -0.1) is 0 Å². The van der Waals surface area contributed by atoms with Crippen molar-refractivity contribution in [3.8, 4) is 11.5 Å². The Labute approximate surface area is 174 Å². The number of esters is 1. The summed E-state index contributed by atoms with van der Waals surface area (Å²) in [5.74, 6) is -1.42. The number of anilines is 1. The molecule has 4 amide bonds. The van der Waals surface area contributed by atoms with Crippen molar-refractivity contribution in [2.75, 3.05) is 32.3 Å². The van der Waals surface area contributed by atoms with E-state index in [0.717, 1.165) is 0 Å². The second-order valence-electron chi connectivity index (χ2n) is 6.88. The van der Waals surface area contributed by atoms with Gasteiger partial charge in [-0.1, -0.05) is 6.92 Å². The summed E-state index contributed by atoms with van der Waals surface area (Å²) in [6.45, 7) is 3.17. The summed E-state index contributed by atoms with van der Waals surface area (Å²) in [6.07, 6.45) is 0.659. The maximum Gasteiger partial charge on any atom is 0.321 e. The van der Waals surface area contributed by atoms with Crippen LogP contribution >= 0.6 is 0 Å². The van der Waals surface area contributed by atoms with Gasteiger partial charge in [0.05, 0.1) is 25.8 Å². The fourth-order valence-electron chi connectivity index (χ4n) is 2.89. The van der Waals surface area contributed by atoms with Gasteiger partial charge in [-0.3, -0.25) is 19.7 Å². The quantitative estimate of drug-likeness (QED) is 0.605. The number of methoxy groups -OCH3 is 2. The number of nitrogens with one attached hydrogen (secondary N) is 2. The van der Waals surface area contributed by atoms with Crippen LogP contribution in [0.25, 0.3) is 0 Å². The van der Waals surface area contributed by atoms with E-state index in [1.165, 1.54) is 19.1 Å². The third kappa shape index (κ3) is 5.85. The Morgan fingerprint density at radius 3 is 2.60 bits per heavy atom. The average molecular weight is 421 g/mol. The molecule has 2 rings (SSSR count). The molecule has 1 aromatic carbocycles. The van der Waals surface area contributed by atoms with Crippen molar-refractivity contribution >= 4 is 29.5 Å². The first kappa shape index (κ1) is 23.0. The Hall–Kier alpha value is -3.30. The van der Waals surface area contributed by atoms with Crippen LogP contribution in [0, 0.1) is 5.92 Å². The van der Waals surface area contributed by atoms with E-state index in [1.807, 2.05) is 6.92 Å². The van der Waals surface area contributed by atoms with E-state index in [0.29, 0.717) is 23.6 Å². The van der Waals surface area contributed by atoms with Crippen LogP contribution in [0.4, 0.5) is 10.5 Å². The third-order valence-electron chi connectivity index (χ3n) is 4.72. The zero-order valence-corrected chi connectivity index (χ0v) is 17.5. The Morgan fingerprint density at radius 1 is 1.23 bits per heavy atom. The summed E-state index contributed by atoms with van der Waals surface area (Å²) in [7, 11) is 2.99. The average Bonchev–Trinajstić information content (AvgIpc) is 3.12. The minimum Gasteiger partial charge on any atom is -0.497 e. The number of rotatable bonds is 8. The van der Waals surface area contributed by atoms with Gasteiger partial charge in [0.2, 0.25) is 5.91 Å². The Morgan fingerprint density at radius 2 is 1.97 bits per heavy atom. The van der Waals surface area contributed by atoms with Crippen LogP contribution in [0.1, 0.15) is 26.7 Å². The largest absolute Gasteiger partial charge is 0.497 e. The van der Waals surface area contributed by atoms with E-state index in [9.17, 15) is 19.2 Å². The van der Waals surface area contributed by atoms with Crippen LogP contribution in [0.15, 0.2) is 18.2 Å². The normalized spacial score (nSPS) is 16.6. The molecule has 2 atom stereocenters. The van der Waals surface area contributed by atoms with Crippen molar-refractivity contribution < 1.29 is 33.4 Å². The summed E-state index contributed by atoms with van der Waals surface area (Å²) in [6, 6.07) is 4.26. The number of carbonyl (C=O) groups excluding carboxylic acids is 4. The van der Waals surface area contributed by atoms with E-state index in [2.05, 4.69) is 10.6 Å². The Kier molecular flexibility index (Phi) is 8.02. The predicted octanol–water partition coefficient (Wildman–Crippen LogP) is 1.22. The van der Waals surface area contributed by atoms with Crippen molar-refractivity contribution in [1.29, 1.82) is 0 Å². The Balaban J connectivity index is 1.91. The first-order chi connectivity index (χ1) is 14.3. The van der Waals surface area contributed by atoms with Gasteiger partial charge in [-0.2, -0.15) is 0 Å². The molecule has 0 aromatic heterocycles. The number of nitrogens with zero attached hydrogens (tertiary/aromatic N) is 1. The van der Waals surface area contributed by atoms with E-state index in [1.54, 1.807) is 25.1 Å². The molecule has 1 aliphatic heterocycles. The van der Waals surface area contributed by atoms with Gasteiger partial charge in [0.15, 0.2) is 6.61 Å². The molecule has 30 heavy (non-hydrogen) atoms. The molecule has 2 N–H and O–H groups in total. The third-order valence-corrected chi connectivity index (χ3v) is 4.72. The van der Waals surface area contributed by atoms with Gasteiger partial charge < -0.3 is 24.4 Å². The summed E-state index contributed by atoms with van der Waals surface area (Å²) in [5.41, 5.74) is 0.512. The number of hydrogen-bond donors (Lipinski definition) is 2. The molecule has 0 spiro atoms. The number of carbonyl (C=O) groups is 4. The highest BCUT2D eigenvalue weighted by Crippen LogP contribution is 2.35. The lowest BCUT2D eigenvalue weighted by Crippen LogP contribution is -2.44. The van der Waals surface area contributed by atoms with Crippen LogP contribution in [-0.2, 0) is 19.1 Å². The van der Waals surface area contributed by atoms with Gasteiger partial charge in [0, 0.05) is 25.1 Å². The van der Waals surface area contributed by atoms with Crippen molar-refractivity contribution in [2.24, 2.45) is 5.92 Å². The number of amides is 4. The van der Waals surface area contributed by atoms with Crippen molar-refractivity contribution in [3.63, 3.8) is 0 Å². The molecule has 1 heterocycles. The Bertz CT molecular complexity index is 812. The van der Waals surface area contributed by atoms with Gasteiger partial charge in [0.1, 0.15) is 11.5 Å². The zero-order chi connectivity index (χ0) is 22.3. The molecule has 0 saturated carbocycles. The fourth-order valence-corrected chi connectivity index (χ4v) is 2.89. The lowest BCUT2D eigenvalue weighted by molar-refractivity contribution is -0.152. The molecule has 0 unspecified atom stereocenters. The maximum atomic E-state index is 12.4. The van der Waals surface area contributed by atoms with Crippen molar-refractivity contribution in [3.05, 3.63) is 18.2 Å². The SMILES string of the molecule is CC[C@H](C)NC(=O)NC(=O)COC(=O)[C@@H]1CC(=O)N(c2ccc(OC)cc2OC)C1. The highest BCUT2D eigenvalue weighted by atomic mass is 16.5. The van der Waals surface area contributed by atoms with Crippen LogP contribution < -0.4 is 25.0 Å². The second-order valence-corrected chi connectivity index (χ2v) is 6.88. The standard InChI is InChI=1S/C20H27N3O7/c1-5-12(2)21-20(27)22-17(24)11-30-19(26)13-8-18(25)23(10-13)15-7-6-14(28-3)9-16(15)29-4/h6-7,9,12-13H,5,8,10-11H2,1-4H3,(H2,21,22,24,27)/t12-,13+/m0/s1. The summed E-state index contributed by atoms with van der Waals surface area (Å²) < 4.78 is 15.4. The lowest BCUT2D eigenvalue weighted by Gasteiger charge is -2.20. The first-order valence-corrected chi connectivity index (χ1v) is 9.58. The van der Waals surface area contributed by atoms with Gasteiger partial charge >= 0.3 is 12.0 Å². The maximum absolute atomic E-state index is 12.4. The van der Waals surface area contributed by atoms with Crippen LogP contribution in [0.2, 0.25) is 0 Å². The molecule has 1 aromatic rings. The molecule has 10 nitrogen and oxygen atoms in total. The van der Waals surface area contributed by atoms with Crippen molar-refractivity contribution in [2.45, 2.75) is 32.7 Å². The monoisotopic (exact) mass is 421 g/mol. The van der Waals surface area contributed by atoms with Crippen molar-refractivity contribution in [1.82, 2.24) is 10.6 Å². The van der Waals surface area contributed by atoms with Gasteiger partial charge in [-0.05, 0) is 25.5 Å². The minimum absolute atomic E-state index is 0.0515. The molecule has 0 aliphatic carbocycles. The fraction of sp³-hybridized carbons (Fsp3) is 0.500. The molecular formula is C20H27N3O7. The number of ether oxygens (including phenoxy) is 3. The van der Waals surface area contributed by atoms with Crippen LogP contribution in [0.5, 0.6) is 11.5 Å². The number of urea groups is 1. The highest BCUT2D eigenvalue weighted by Gasteiger charge is 2.37. The number of benzene rings is 1. The topological polar surface area (TPSA) is 123 Å². The highest BCUT2D eigenvalue weighted by molar-refractivity contribution is 6.01. The summed E-state index contributed by atoms with van der Waals surface area (Å²) >= 11 is 0. The molecule has 0 radical (unpaired) electrons. The van der Waals surface area contributed by atoms with E-state index < -0.39 is 30.4 Å². The van der Waals surface area contributed by atoms with Crippen LogP contribution in [-0.4, -0.2) is 57.2 Å². The van der Waals surface area contributed by atoms with Crippen LogP contribution in [0.3, 0.4) is 0 Å². The van der Waals surface area contributed by atoms with Gasteiger partial charge in [0.25, 0.3) is 5.91 Å². The number of hydrogen-bond acceptors (Lipinski definition) is 7. The smallest absolute Gasteiger partial charge is 0.321 e. The van der Waals surface area contributed by atoms with E-state index in [-0.39, 0.29) is 24.9 Å². The number of imide groups is 1. The first-order valence-electron chi connectivity index (χ1n) is 9.58. The molecular weight excluding hydrogens is 394 g/mol. The second kappa shape index (κ2) is 10.5. The van der Waals surface area contributed by atoms with Gasteiger partial charge in [-0.25, -0.2) is 4.79 Å². The molecule has 1 fully saturated rings. The van der Waals surface area contributed by atoms with E-state index >= 15 is 0 Å². The molecule has 164 valence electrons.